The van der Waals surface area contributed by atoms with Gasteiger partial charge >= 0.3 is 0 Å². The third kappa shape index (κ3) is 6.22. The van der Waals surface area contributed by atoms with Gasteiger partial charge in [-0.2, -0.15) is 0 Å². The number of alkyl halides is 1. The lowest BCUT2D eigenvalue weighted by molar-refractivity contribution is 0.136. The maximum absolute atomic E-state index is 12.0. The first-order chi connectivity index (χ1) is 9.60. The number of hydrogen-bond acceptors (Lipinski definition) is 3. The summed E-state index contributed by atoms with van der Waals surface area (Å²) in [5, 5.41) is 0. The van der Waals surface area contributed by atoms with Gasteiger partial charge in [-0.15, -0.1) is 11.6 Å². The molecule has 0 unspecified atom stereocenters. The second-order valence-electron chi connectivity index (χ2n) is 4.45. The van der Waals surface area contributed by atoms with Crippen molar-refractivity contribution in [2.24, 2.45) is 0 Å². The maximum Gasteiger partial charge on any atom is 0.240 e. The summed E-state index contributed by atoms with van der Waals surface area (Å²) in [4.78, 5) is 0.268. The van der Waals surface area contributed by atoms with Crippen LogP contribution < -0.4 is 4.72 Å². The van der Waals surface area contributed by atoms with Gasteiger partial charge in [-0.05, 0) is 30.5 Å². The Morgan fingerprint density at radius 2 is 1.90 bits per heavy atom. The predicted octanol–water partition coefficient (Wildman–Crippen LogP) is 2.56. The normalized spacial score (nSPS) is 11.7. The van der Waals surface area contributed by atoms with Gasteiger partial charge in [0.15, 0.2) is 0 Å². The lowest BCUT2D eigenvalue weighted by Gasteiger charge is -2.08. The van der Waals surface area contributed by atoms with E-state index in [0.717, 1.165) is 24.8 Å². The Bertz CT molecular complexity index is 474. The molecule has 0 aromatic heterocycles. The number of sulfonamides is 1. The second kappa shape index (κ2) is 9.34. The Hall–Kier alpha value is -0.620. The number of hydrogen-bond donors (Lipinski definition) is 1. The van der Waals surface area contributed by atoms with E-state index < -0.39 is 10.0 Å². The molecule has 0 heterocycles. The van der Waals surface area contributed by atoms with Crippen molar-refractivity contribution in [1.82, 2.24) is 4.72 Å². The molecule has 4 nitrogen and oxygen atoms in total. The van der Waals surface area contributed by atoms with Crippen LogP contribution in [-0.2, 0) is 21.2 Å². The minimum Gasteiger partial charge on any atom is -0.380 e. The number of halogens is 1. The van der Waals surface area contributed by atoms with Crippen molar-refractivity contribution in [3.05, 3.63) is 29.8 Å². The molecule has 0 aliphatic carbocycles. The molecule has 0 aliphatic rings. The molecular weight excluding hydrogens is 298 g/mol. The van der Waals surface area contributed by atoms with Crippen molar-refractivity contribution in [2.45, 2.75) is 31.1 Å². The zero-order valence-corrected chi connectivity index (χ0v) is 13.3. The lowest BCUT2D eigenvalue weighted by atomic mass is 10.2. The van der Waals surface area contributed by atoms with Crippen LogP contribution in [0.3, 0.4) is 0 Å². The Kier molecular flexibility index (Phi) is 8.14. The summed E-state index contributed by atoms with van der Waals surface area (Å²) >= 11 is 5.64. The van der Waals surface area contributed by atoms with Crippen LogP contribution in [0.1, 0.15) is 25.3 Å². The van der Waals surface area contributed by atoms with E-state index in [1.54, 1.807) is 24.3 Å². The van der Waals surface area contributed by atoms with Crippen LogP contribution in [0.5, 0.6) is 0 Å². The van der Waals surface area contributed by atoms with E-state index in [4.69, 9.17) is 16.3 Å². The smallest absolute Gasteiger partial charge is 0.240 e. The highest BCUT2D eigenvalue weighted by Crippen LogP contribution is 2.11. The molecule has 6 heteroatoms. The summed E-state index contributed by atoms with van der Waals surface area (Å²) in [5.74, 6) is 0.527. The number of benzene rings is 1. The van der Waals surface area contributed by atoms with Crippen molar-refractivity contribution in [3.63, 3.8) is 0 Å². The minimum atomic E-state index is -3.45. The molecule has 0 radical (unpaired) electrons. The van der Waals surface area contributed by atoms with Gasteiger partial charge in [0.1, 0.15) is 0 Å². The average molecular weight is 320 g/mol. The predicted molar refractivity (Wildman–Crippen MR) is 81.8 cm³/mol. The molecule has 1 rings (SSSR count). The molecule has 0 aliphatic heterocycles. The van der Waals surface area contributed by atoms with E-state index in [9.17, 15) is 8.42 Å². The fraction of sp³-hybridized carbons (Fsp3) is 0.571. The molecule has 114 valence electrons. The van der Waals surface area contributed by atoms with Gasteiger partial charge < -0.3 is 4.74 Å². The van der Waals surface area contributed by atoms with E-state index in [1.165, 1.54) is 0 Å². The van der Waals surface area contributed by atoms with Gasteiger partial charge in [-0.25, -0.2) is 13.1 Å². The fourth-order valence-corrected chi connectivity index (χ4v) is 2.86. The Labute approximate surface area is 126 Å². The number of rotatable bonds is 10. The van der Waals surface area contributed by atoms with Crippen LogP contribution >= 0.6 is 11.6 Å². The molecule has 20 heavy (non-hydrogen) atoms. The Morgan fingerprint density at radius 1 is 1.20 bits per heavy atom. The fourth-order valence-electron chi connectivity index (χ4n) is 1.62. The zero-order valence-electron chi connectivity index (χ0n) is 11.8. The molecular formula is C14H22ClNO3S. The summed E-state index contributed by atoms with van der Waals surface area (Å²) < 4.78 is 31.8. The van der Waals surface area contributed by atoms with Crippen molar-refractivity contribution < 1.29 is 13.2 Å². The van der Waals surface area contributed by atoms with Crippen molar-refractivity contribution in [1.29, 1.82) is 0 Å². The van der Waals surface area contributed by atoms with E-state index >= 15 is 0 Å². The standard InChI is InChI=1S/C14H22ClNO3S/c1-2-3-11-19-12-10-16-20(17,18)14-6-4-13(5-7-14)8-9-15/h4-7,16H,2-3,8-12H2,1H3. The topological polar surface area (TPSA) is 55.4 Å². The van der Waals surface area contributed by atoms with Crippen LogP contribution in [0.4, 0.5) is 0 Å². The van der Waals surface area contributed by atoms with Gasteiger partial charge in [0.25, 0.3) is 0 Å². The minimum absolute atomic E-state index is 0.268. The largest absolute Gasteiger partial charge is 0.380 e. The summed E-state index contributed by atoms with van der Waals surface area (Å²) in [6.07, 6.45) is 2.80. The third-order valence-electron chi connectivity index (χ3n) is 2.80. The first-order valence-electron chi connectivity index (χ1n) is 6.82. The van der Waals surface area contributed by atoms with Crippen molar-refractivity contribution in [3.8, 4) is 0 Å². The van der Waals surface area contributed by atoms with Crippen LogP contribution in [0, 0.1) is 0 Å². The molecule has 0 saturated carbocycles. The SMILES string of the molecule is CCCCOCCNS(=O)(=O)c1ccc(CCCl)cc1. The average Bonchev–Trinajstić information content (AvgIpc) is 2.44. The summed E-state index contributed by atoms with van der Waals surface area (Å²) in [6, 6.07) is 6.77. The first kappa shape index (κ1) is 17.4. The second-order valence-corrected chi connectivity index (χ2v) is 6.59. The molecule has 0 saturated heterocycles. The molecule has 1 aromatic rings. The summed E-state index contributed by atoms with van der Waals surface area (Å²) in [7, 11) is -3.45. The van der Waals surface area contributed by atoms with Gasteiger partial charge in [0.05, 0.1) is 11.5 Å². The van der Waals surface area contributed by atoms with E-state index in [-0.39, 0.29) is 11.4 Å². The number of ether oxygens (including phenoxy) is 1. The van der Waals surface area contributed by atoms with Crippen molar-refractivity contribution in [2.75, 3.05) is 25.6 Å². The van der Waals surface area contributed by atoms with Crippen LogP contribution in [0.25, 0.3) is 0 Å². The highest BCUT2D eigenvalue weighted by Gasteiger charge is 2.12. The molecule has 1 N–H and O–H groups in total. The van der Waals surface area contributed by atoms with Crippen LogP contribution in [0.15, 0.2) is 29.2 Å². The molecule has 0 spiro atoms. The quantitative estimate of drug-likeness (QED) is 0.532. The third-order valence-corrected chi connectivity index (χ3v) is 4.46. The van der Waals surface area contributed by atoms with Gasteiger partial charge in [-0.3, -0.25) is 0 Å². The lowest BCUT2D eigenvalue weighted by Crippen LogP contribution is -2.27. The van der Waals surface area contributed by atoms with E-state index in [2.05, 4.69) is 11.6 Å². The van der Waals surface area contributed by atoms with Gasteiger partial charge in [0.2, 0.25) is 10.0 Å². The summed E-state index contributed by atoms with van der Waals surface area (Å²) in [6.45, 7) is 3.43. The number of aryl methyl sites for hydroxylation is 1. The molecule has 0 amide bonds. The molecule has 0 bridgehead atoms. The zero-order chi connectivity index (χ0) is 14.8. The highest BCUT2D eigenvalue weighted by molar-refractivity contribution is 7.89. The number of unbranched alkanes of at least 4 members (excludes halogenated alkanes) is 1. The molecule has 1 aromatic carbocycles. The Morgan fingerprint density at radius 3 is 2.50 bits per heavy atom. The van der Waals surface area contributed by atoms with Gasteiger partial charge in [0, 0.05) is 19.0 Å². The highest BCUT2D eigenvalue weighted by atomic mass is 35.5. The van der Waals surface area contributed by atoms with Gasteiger partial charge in [-0.1, -0.05) is 25.5 Å². The maximum atomic E-state index is 12.0. The molecule has 0 atom stereocenters. The Balaban J connectivity index is 2.43. The van der Waals surface area contributed by atoms with Crippen LogP contribution in [-0.4, -0.2) is 34.1 Å². The first-order valence-corrected chi connectivity index (χ1v) is 8.84. The van der Waals surface area contributed by atoms with E-state index in [1.807, 2.05) is 0 Å². The summed E-state index contributed by atoms with van der Waals surface area (Å²) in [5.41, 5.74) is 1.03. The number of nitrogens with one attached hydrogen (secondary N) is 1. The van der Waals surface area contributed by atoms with Crippen molar-refractivity contribution >= 4 is 21.6 Å². The van der Waals surface area contributed by atoms with E-state index in [0.29, 0.717) is 19.1 Å². The molecule has 0 fully saturated rings. The monoisotopic (exact) mass is 319 g/mol. The van der Waals surface area contributed by atoms with Crippen LogP contribution in [0.2, 0.25) is 0 Å².